The Bertz CT molecular complexity index is 823. The van der Waals surface area contributed by atoms with Gasteiger partial charge in [0.25, 0.3) is 0 Å². The molecule has 1 aliphatic heterocycles. The number of aryl methyl sites for hydroxylation is 1. The molecule has 126 valence electrons. The van der Waals surface area contributed by atoms with Crippen molar-refractivity contribution in [2.24, 2.45) is 0 Å². The van der Waals surface area contributed by atoms with Crippen molar-refractivity contribution < 1.29 is 19.0 Å². The van der Waals surface area contributed by atoms with E-state index in [0.29, 0.717) is 23.1 Å². The minimum Gasteiger partial charge on any atom is -0.457 e. The molecule has 0 atom stereocenters. The molecule has 1 saturated carbocycles. The molecule has 0 unspecified atom stereocenters. The molecule has 1 aliphatic carbocycles. The van der Waals surface area contributed by atoms with Gasteiger partial charge in [-0.3, -0.25) is 0 Å². The molecule has 0 N–H and O–H groups in total. The van der Waals surface area contributed by atoms with Crippen LogP contribution in [0.1, 0.15) is 46.2 Å². The van der Waals surface area contributed by atoms with Gasteiger partial charge >= 0.3 is 5.97 Å². The Balaban J connectivity index is 1.50. The van der Waals surface area contributed by atoms with E-state index in [1.54, 1.807) is 0 Å². The lowest BCUT2D eigenvalue weighted by atomic mass is 10.2. The Morgan fingerprint density at radius 3 is 2.67 bits per heavy atom. The Labute approximate surface area is 148 Å². The van der Waals surface area contributed by atoms with E-state index in [-0.39, 0.29) is 19.4 Å². The second kappa shape index (κ2) is 5.84. The molecule has 2 heterocycles. The molecule has 1 aromatic heterocycles. The summed E-state index contributed by atoms with van der Waals surface area (Å²) in [7, 11) is 0. The van der Waals surface area contributed by atoms with Crippen molar-refractivity contribution in [1.29, 1.82) is 0 Å². The minimum atomic E-state index is -0.292. The van der Waals surface area contributed by atoms with Gasteiger partial charge in [0.1, 0.15) is 6.61 Å². The van der Waals surface area contributed by atoms with Crippen LogP contribution in [0.3, 0.4) is 0 Å². The van der Waals surface area contributed by atoms with Crippen molar-refractivity contribution in [2.75, 3.05) is 6.79 Å². The molecule has 1 fully saturated rings. The van der Waals surface area contributed by atoms with Crippen LogP contribution in [-0.2, 0) is 11.3 Å². The van der Waals surface area contributed by atoms with Crippen LogP contribution in [0.25, 0.3) is 0 Å². The molecule has 2 aliphatic rings. The summed E-state index contributed by atoms with van der Waals surface area (Å²) < 4.78 is 19.3. The third kappa shape index (κ3) is 2.69. The third-order valence-electron chi connectivity index (χ3n) is 4.52. The van der Waals surface area contributed by atoms with E-state index >= 15 is 0 Å². The molecule has 2 aromatic rings. The summed E-state index contributed by atoms with van der Waals surface area (Å²) in [6, 6.07) is 6.15. The number of rotatable bonds is 4. The van der Waals surface area contributed by atoms with Crippen LogP contribution in [0.5, 0.6) is 11.5 Å². The summed E-state index contributed by atoms with van der Waals surface area (Å²) in [6.07, 6.45) is 2.38. The first-order valence-electron chi connectivity index (χ1n) is 7.98. The normalized spacial score (nSPS) is 15.6. The standard InChI is InChI=1S/C18H18BrNO4/c1-10-5-14(11(2)20(10)13-3-4-13)18(21)22-8-12-6-16-17(7-15(12)19)24-9-23-16/h5-7,13H,3-4,8-9H2,1-2H3. The zero-order chi connectivity index (χ0) is 16.8. The largest absolute Gasteiger partial charge is 0.457 e. The van der Waals surface area contributed by atoms with Gasteiger partial charge in [-0.15, -0.1) is 0 Å². The lowest BCUT2D eigenvalue weighted by molar-refractivity contribution is 0.0470. The van der Waals surface area contributed by atoms with E-state index in [2.05, 4.69) is 20.5 Å². The lowest BCUT2D eigenvalue weighted by Gasteiger charge is -2.09. The van der Waals surface area contributed by atoms with Gasteiger partial charge in [-0.05, 0) is 44.9 Å². The highest BCUT2D eigenvalue weighted by Gasteiger charge is 2.28. The highest BCUT2D eigenvalue weighted by molar-refractivity contribution is 9.10. The summed E-state index contributed by atoms with van der Waals surface area (Å²) >= 11 is 3.48. The van der Waals surface area contributed by atoms with Gasteiger partial charge in [0.2, 0.25) is 6.79 Å². The van der Waals surface area contributed by atoms with Crippen molar-refractivity contribution in [3.8, 4) is 11.5 Å². The maximum absolute atomic E-state index is 12.5. The van der Waals surface area contributed by atoms with Crippen LogP contribution >= 0.6 is 15.9 Å². The van der Waals surface area contributed by atoms with Crippen molar-refractivity contribution in [2.45, 2.75) is 39.3 Å². The monoisotopic (exact) mass is 391 g/mol. The molecule has 5 nitrogen and oxygen atoms in total. The fourth-order valence-corrected chi connectivity index (χ4v) is 3.61. The zero-order valence-corrected chi connectivity index (χ0v) is 15.2. The summed E-state index contributed by atoms with van der Waals surface area (Å²) in [4.78, 5) is 12.5. The second-order valence-corrected chi connectivity index (χ2v) is 7.11. The quantitative estimate of drug-likeness (QED) is 0.729. The first-order valence-corrected chi connectivity index (χ1v) is 8.77. The molecule has 4 rings (SSSR count). The summed E-state index contributed by atoms with van der Waals surface area (Å²) in [5, 5.41) is 0. The molecule has 0 spiro atoms. The van der Waals surface area contributed by atoms with E-state index in [9.17, 15) is 4.79 Å². The average Bonchev–Trinajstić information content (AvgIpc) is 3.20. The van der Waals surface area contributed by atoms with E-state index in [1.165, 1.54) is 12.8 Å². The Kier molecular flexibility index (Phi) is 3.79. The topological polar surface area (TPSA) is 49.7 Å². The van der Waals surface area contributed by atoms with Crippen molar-refractivity contribution in [3.63, 3.8) is 0 Å². The number of esters is 1. The highest BCUT2D eigenvalue weighted by atomic mass is 79.9. The van der Waals surface area contributed by atoms with Gasteiger partial charge < -0.3 is 18.8 Å². The fourth-order valence-electron chi connectivity index (χ4n) is 3.17. The Hall–Kier alpha value is -1.95. The summed E-state index contributed by atoms with van der Waals surface area (Å²) in [5.74, 6) is 1.08. The SMILES string of the molecule is Cc1cc(C(=O)OCc2cc3c(cc2Br)OCO3)c(C)n1C1CC1. The van der Waals surface area contributed by atoms with Gasteiger partial charge in [-0.25, -0.2) is 4.79 Å². The van der Waals surface area contributed by atoms with Crippen LogP contribution in [-0.4, -0.2) is 17.3 Å². The van der Waals surface area contributed by atoms with Gasteiger partial charge in [0.05, 0.1) is 5.56 Å². The van der Waals surface area contributed by atoms with Gasteiger partial charge in [-0.1, -0.05) is 15.9 Å². The predicted octanol–water partition coefficient (Wildman–Crippen LogP) is 4.29. The molecular weight excluding hydrogens is 374 g/mol. The van der Waals surface area contributed by atoms with Crippen molar-refractivity contribution >= 4 is 21.9 Å². The zero-order valence-electron chi connectivity index (χ0n) is 13.6. The smallest absolute Gasteiger partial charge is 0.340 e. The molecule has 24 heavy (non-hydrogen) atoms. The number of aromatic nitrogens is 1. The van der Waals surface area contributed by atoms with Gasteiger partial charge in [0, 0.05) is 27.5 Å². The number of carbonyl (C=O) groups is 1. The molecule has 0 saturated heterocycles. The summed E-state index contributed by atoms with van der Waals surface area (Å²) in [5.41, 5.74) is 3.61. The van der Waals surface area contributed by atoms with Crippen LogP contribution in [0, 0.1) is 13.8 Å². The number of carbonyl (C=O) groups excluding carboxylic acids is 1. The average molecular weight is 392 g/mol. The highest BCUT2D eigenvalue weighted by Crippen LogP contribution is 2.39. The van der Waals surface area contributed by atoms with Crippen LogP contribution < -0.4 is 9.47 Å². The molecular formula is C18H18BrNO4. The number of fused-ring (bicyclic) bond motifs is 1. The van der Waals surface area contributed by atoms with Gasteiger partial charge in [-0.2, -0.15) is 0 Å². The van der Waals surface area contributed by atoms with E-state index < -0.39 is 0 Å². The maximum Gasteiger partial charge on any atom is 0.340 e. The van der Waals surface area contributed by atoms with E-state index in [0.717, 1.165) is 21.4 Å². The first-order chi connectivity index (χ1) is 11.5. The number of hydrogen-bond donors (Lipinski definition) is 0. The fraction of sp³-hybridized carbons (Fsp3) is 0.389. The summed E-state index contributed by atoms with van der Waals surface area (Å²) in [6.45, 7) is 4.43. The van der Waals surface area contributed by atoms with E-state index in [4.69, 9.17) is 14.2 Å². The third-order valence-corrected chi connectivity index (χ3v) is 5.25. The minimum absolute atomic E-state index is 0.184. The molecule has 0 radical (unpaired) electrons. The first kappa shape index (κ1) is 15.6. The van der Waals surface area contributed by atoms with E-state index in [1.807, 2.05) is 32.0 Å². The number of hydrogen-bond acceptors (Lipinski definition) is 4. The van der Waals surface area contributed by atoms with Gasteiger partial charge in [0.15, 0.2) is 11.5 Å². The van der Waals surface area contributed by atoms with Crippen LogP contribution in [0.4, 0.5) is 0 Å². The lowest BCUT2D eigenvalue weighted by Crippen LogP contribution is -2.08. The van der Waals surface area contributed by atoms with Crippen molar-refractivity contribution in [3.05, 3.63) is 45.2 Å². The number of ether oxygens (including phenoxy) is 3. The molecule has 0 bridgehead atoms. The van der Waals surface area contributed by atoms with Crippen LogP contribution in [0.2, 0.25) is 0 Å². The number of nitrogens with zero attached hydrogens (tertiary/aromatic N) is 1. The maximum atomic E-state index is 12.5. The Morgan fingerprint density at radius 2 is 1.96 bits per heavy atom. The number of halogens is 1. The molecule has 1 aromatic carbocycles. The van der Waals surface area contributed by atoms with Crippen LogP contribution in [0.15, 0.2) is 22.7 Å². The second-order valence-electron chi connectivity index (χ2n) is 6.26. The Morgan fingerprint density at radius 1 is 1.25 bits per heavy atom. The molecule has 0 amide bonds. The predicted molar refractivity (Wildman–Crippen MR) is 91.6 cm³/mol. The number of benzene rings is 1. The van der Waals surface area contributed by atoms with Crippen molar-refractivity contribution in [1.82, 2.24) is 4.57 Å². The molecule has 6 heteroatoms.